The highest BCUT2D eigenvalue weighted by molar-refractivity contribution is 6.21. The van der Waals surface area contributed by atoms with Crippen molar-refractivity contribution < 1.29 is 9.59 Å². The molecule has 114 valence electrons. The summed E-state index contributed by atoms with van der Waals surface area (Å²) >= 11 is 0. The number of hydrogen-bond acceptors (Lipinski definition) is 4. The molecule has 5 heteroatoms. The SMILES string of the molecule is CC(C)N(CCN1C(=O)c2ccc(N)cc2C1=O)C(C)C. The number of nitrogens with two attached hydrogens (primary N) is 1. The van der Waals surface area contributed by atoms with Crippen molar-refractivity contribution in [3.63, 3.8) is 0 Å². The molecule has 2 amide bonds. The minimum absolute atomic E-state index is 0.220. The lowest BCUT2D eigenvalue weighted by molar-refractivity contribution is 0.0614. The number of hydrogen-bond donors (Lipinski definition) is 1. The van der Waals surface area contributed by atoms with Crippen molar-refractivity contribution in [2.45, 2.75) is 39.8 Å². The number of nitrogens with zero attached hydrogens (tertiary/aromatic N) is 2. The van der Waals surface area contributed by atoms with Crippen LogP contribution < -0.4 is 5.73 Å². The molecule has 0 fully saturated rings. The zero-order valence-corrected chi connectivity index (χ0v) is 13.1. The van der Waals surface area contributed by atoms with Crippen LogP contribution >= 0.6 is 0 Å². The smallest absolute Gasteiger partial charge is 0.261 e. The van der Waals surface area contributed by atoms with E-state index >= 15 is 0 Å². The predicted octanol–water partition coefficient (Wildman–Crippen LogP) is 1.98. The first-order valence-corrected chi connectivity index (χ1v) is 7.34. The number of carbonyl (C=O) groups excluding carboxylic acids is 2. The molecule has 0 saturated heterocycles. The Labute approximate surface area is 125 Å². The number of carbonyl (C=O) groups is 2. The summed E-state index contributed by atoms with van der Waals surface area (Å²) in [6, 6.07) is 5.61. The number of anilines is 1. The molecule has 1 heterocycles. The molecule has 1 aromatic carbocycles. The number of benzene rings is 1. The van der Waals surface area contributed by atoms with Crippen molar-refractivity contribution in [2.75, 3.05) is 18.8 Å². The lowest BCUT2D eigenvalue weighted by Crippen LogP contribution is -2.44. The zero-order valence-electron chi connectivity index (χ0n) is 13.1. The molecule has 2 rings (SSSR count). The fourth-order valence-corrected chi connectivity index (χ4v) is 2.84. The molecule has 0 saturated carbocycles. The predicted molar refractivity (Wildman–Crippen MR) is 83.2 cm³/mol. The van der Waals surface area contributed by atoms with Gasteiger partial charge in [0, 0.05) is 30.9 Å². The Morgan fingerprint density at radius 2 is 1.62 bits per heavy atom. The van der Waals surface area contributed by atoms with E-state index in [0.717, 1.165) is 0 Å². The van der Waals surface area contributed by atoms with Gasteiger partial charge in [-0.15, -0.1) is 0 Å². The van der Waals surface area contributed by atoms with Gasteiger partial charge in [0.15, 0.2) is 0 Å². The van der Waals surface area contributed by atoms with E-state index in [4.69, 9.17) is 5.73 Å². The Morgan fingerprint density at radius 3 is 2.19 bits per heavy atom. The molecular formula is C16H23N3O2. The molecule has 1 aliphatic rings. The van der Waals surface area contributed by atoms with Crippen molar-refractivity contribution in [2.24, 2.45) is 0 Å². The van der Waals surface area contributed by atoms with E-state index in [1.807, 2.05) is 0 Å². The average Bonchev–Trinajstić information content (AvgIpc) is 2.62. The third-order valence-corrected chi connectivity index (χ3v) is 3.90. The van der Waals surface area contributed by atoms with E-state index in [1.54, 1.807) is 18.2 Å². The van der Waals surface area contributed by atoms with Crippen molar-refractivity contribution in [3.8, 4) is 0 Å². The second-order valence-corrected chi connectivity index (χ2v) is 5.99. The van der Waals surface area contributed by atoms with Gasteiger partial charge in [0.05, 0.1) is 11.1 Å². The van der Waals surface area contributed by atoms with Crippen LogP contribution in [0.15, 0.2) is 18.2 Å². The summed E-state index contributed by atoms with van der Waals surface area (Å²) in [4.78, 5) is 28.2. The molecule has 0 atom stereocenters. The summed E-state index contributed by atoms with van der Waals surface area (Å²) in [5, 5.41) is 0. The average molecular weight is 289 g/mol. The fraction of sp³-hybridized carbons (Fsp3) is 0.500. The fourth-order valence-electron chi connectivity index (χ4n) is 2.84. The summed E-state index contributed by atoms with van der Waals surface area (Å²) in [6.07, 6.45) is 0. The third-order valence-electron chi connectivity index (χ3n) is 3.90. The molecular weight excluding hydrogens is 266 g/mol. The lowest BCUT2D eigenvalue weighted by Gasteiger charge is -2.31. The van der Waals surface area contributed by atoms with Gasteiger partial charge < -0.3 is 5.73 Å². The van der Waals surface area contributed by atoms with Gasteiger partial charge in [-0.1, -0.05) is 0 Å². The van der Waals surface area contributed by atoms with E-state index in [1.165, 1.54) is 4.90 Å². The summed E-state index contributed by atoms with van der Waals surface area (Å²) < 4.78 is 0. The highest BCUT2D eigenvalue weighted by atomic mass is 16.2. The van der Waals surface area contributed by atoms with Crippen LogP contribution in [0.4, 0.5) is 5.69 Å². The van der Waals surface area contributed by atoms with Crippen molar-refractivity contribution in [1.82, 2.24) is 9.80 Å². The topological polar surface area (TPSA) is 66.6 Å². The van der Waals surface area contributed by atoms with Crippen molar-refractivity contribution in [3.05, 3.63) is 29.3 Å². The highest BCUT2D eigenvalue weighted by Gasteiger charge is 2.35. The first-order valence-electron chi connectivity index (χ1n) is 7.34. The number of nitrogen functional groups attached to an aromatic ring is 1. The van der Waals surface area contributed by atoms with Crippen LogP contribution in [0.3, 0.4) is 0 Å². The Kier molecular flexibility index (Phi) is 4.32. The van der Waals surface area contributed by atoms with Gasteiger partial charge >= 0.3 is 0 Å². The van der Waals surface area contributed by atoms with E-state index in [9.17, 15) is 9.59 Å². The van der Waals surface area contributed by atoms with Crippen LogP contribution in [0.1, 0.15) is 48.4 Å². The summed E-state index contributed by atoms with van der Waals surface area (Å²) in [6.45, 7) is 9.54. The number of amides is 2. The normalized spacial score (nSPS) is 14.7. The maximum Gasteiger partial charge on any atom is 0.261 e. The first-order chi connectivity index (χ1) is 9.82. The van der Waals surface area contributed by atoms with Gasteiger partial charge in [0.2, 0.25) is 0 Å². The summed E-state index contributed by atoms with van der Waals surface area (Å²) in [7, 11) is 0. The summed E-state index contributed by atoms with van der Waals surface area (Å²) in [5.74, 6) is -0.461. The molecule has 0 unspecified atom stereocenters. The Balaban J connectivity index is 2.13. The molecule has 0 spiro atoms. The molecule has 21 heavy (non-hydrogen) atoms. The summed E-state index contributed by atoms with van der Waals surface area (Å²) in [5.41, 5.74) is 7.07. The molecule has 0 bridgehead atoms. The highest BCUT2D eigenvalue weighted by Crippen LogP contribution is 2.24. The largest absolute Gasteiger partial charge is 0.399 e. The molecule has 0 radical (unpaired) electrons. The molecule has 1 aliphatic heterocycles. The van der Waals surface area contributed by atoms with Crippen LogP contribution in [0, 0.1) is 0 Å². The van der Waals surface area contributed by atoms with Gasteiger partial charge in [0.1, 0.15) is 0 Å². The van der Waals surface area contributed by atoms with Crippen LogP contribution in [0.5, 0.6) is 0 Å². The second kappa shape index (κ2) is 5.85. The number of fused-ring (bicyclic) bond motifs is 1. The standard InChI is InChI=1S/C16H23N3O2/c1-10(2)18(11(3)4)7-8-19-15(20)13-6-5-12(17)9-14(13)16(19)21/h5-6,9-11H,7-8,17H2,1-4H3. The van der Waals surface area contributed by atoms with E-state index in [2.05, 4.69) is 32.6 Å². The second-order valence-electron chi connectivity index (χ2n) is 5.99. The van der Waals surface area contributed by atoms with Crippen LogP contribution in [-0.2, 0) is 0 Å². The van der Waals surface area contributed by atoms with Crippen molar-refractivity contribution in [1.29, 1.82) is 0 Å². The van der Waals surface area contributed by atoms with Crippen molar-refractivity contribution >= 4 is 17.5 Å². The molecule has 5 nitrogen and oxygen atoms in total. The molecule has 0 aromatic heterocycles. The number of rotatable bonds is 5. The molecule has 2 N–H and O–H groups in total. The molecule has 0 aliphatic carbocycles. The van der Waals surface area contributed by atoms with E-state index < -0.39 is 0 Å². The minimum atomic E-state index is -0.241. The monoisotopic (exact) mass is 289 g/mol. The quantitative estimate of drug-likeness (QED) is 0.665. The van der Waals surface area contributed by atoms with Gasteiger partial charge in [-0.2, -0.15) is 0 Å². The number of imide groups is 1. The maximum absolute atomic E-state index is 12.3. The van der Waals surface area contributed by atoms with Gasteiger partial charge in [-0.25, -0.2) is 0 Å². The van der Waals surface area contributed by atoms with Gasteiger partial charge in [-0.3, -0.25) is 19.4 Å². The minimum Gasteiger partial charge on any atom is -0.399 e. The first kappa shape index (κ1) is 15.5. The Morgan fingerprint density at radius 1 is 1.05 bits per heavy atom. The zero-order chi connectivity index (χ0) is 15.7. The molecule has 1 aromatic rings. The van der Waals surface area contributed by atoms with Gasteiger partial charge in [-0.05, 0) is 45.9 Å². The lowest BCUT2D eigenvalue weighted by atomic mass is 10.1. The van der Waals surface area contributed by atoms with E-state index in [0.29, 0.717) is 42.0 Å². The van der Waals surface area contributed by atoms with E-state index in [-0.39, 0.29) is 11.8 Å². The Bertz CT molecular complexity index is 559. The van der Waals surface area contributed by atoms with Crippen LogP contribution in [-0.4, -0.2) is 46.8 Å². The third kappa shape index (κ3) is 2.93. The van der Waals surface area contributed by atoms with Gasteiger partial charge in [0.25, 0.3) is 11.8 Å². The van der Waals surface area contributed by atoms with Crippen LogP contribution in [0.25, 0.3) is 0 Å². The maximum atomic E-state index is 12.3. The van der Waals surface area contributed by atoms with Crippen LogP contribution in [0.2, 0.25) is 0 Å². The Hall–Kier alpha value is -1.88.